The van der Waals surface area contributed by atoms with Crippen LogP contribution in [0.15, 0.2) is 18.2 Å². The van der Waals surface area contributed by atoms with Gasteiger partial charge < -0.3 is 4.74 Å². The van der Waals surface area contributed by atoms with E-state index in [2.05, 4.69) is 16.8 Å². The molecule has 1 aromatic rings. The first kappa shape index (κ1) is 13.3. The van der Waals surface area contributed by atoms with Gasteiger partial charge in [-0.1, -0.05) is 17.7 Å². The normalized spacial score (nSPS) is 28.6. The molecule has 0 radical (unpaired) electrons. The van der Waals surface area contributed by atoms with E-state index < -0.39 is 0 Å². The second-order valence-corrected chi connectivity index (χ2v) is 5.81. The topological polar surface area (TPSA) is 15.7 Å². The molecule has 104 valence electrons. The number of hydrogen-bond donors (Lipinski definition) is 0. The second-order valence-electron chi connectivity index (χ2n) is 5.40. The third-order valence-corrected chi connectivity index (χ3v) is 4.35. The number of ether oxygens (including phenoxy) is 1. The molecule has 2 aliphatic heterocycles. The highest BCUT2D eigenvalue weighted by Crippen LogP contribution is 2.24. The molecule has 2 aliphatic rings. The highest BCUT2D eigenvalue weighted by Gasteiger charge is 2.38. The molecule has 2 heterocycles. The molecule has 0 aliphatic carbocycles. The van der Waals surface area contributed by atoms with Gasteiger partial charge in [-0.2, -0.15) is 0 Å². The fourth-order valence-corrected chi connectivity index (χ4v) is 3.08. The Kier molecular flexibility index (Phi) is 3.76. The number of likely N-dealkylation sites (tertiary alicyclic amines) is 1. The van der Waals surface area contributed by atoms with E-state index in [1.165, 1.54) is 6.07 Å². The van der Waals surface area contributed by atoms with Crippen LogP contribution in [0.3, 0.4) is 0 Å². The van der Waals surface area contributed by atoms with Gasteiger partial charge in [0.2, 0.25) is 0 Å². The Balaban J connectivity index is 1.66. The van der Waals surface area contributed by atoms with E-state index in [0.717, 1.165) is 38.3 Å². The van der Waals surface area contributed by atoms with E-state index in [0.29, 0.717) is 6.04 Å². The van der Waals surface area contributed by atoms with Crippen LogP contribution in [0.1, 0.15) is 5.56 Å². The quantitative estimate of drug-likeness (QED) is 0.826. The van der Waals surface area contributed by atoms with Crippen LogP contribution in [0.4, 0.5) is 4.39 Å². The van der Waals surface area contributed by atoms with Gasteiger partial charge in [0.05, 0.1) is 17.7 Å². The Morgan fingerprint density at radius 2 is 2.26 bits per heavy atom. The molecule has 19 heavy (non-hydrogen) atoms. The molecule has 2 atom stereocenters. The Hall–Kier alpha value is -0.680. The average Bonchev–Trinajstić information content (AvgIpc) is 2.78. The van der Waals surface area contributed by atoms with Gasteiger partial charge in [0.25, 0.3) is 0 Å². The van der Waals surface area contributed by atoms with E-state index >= 15 is 0 Å². The highest BCUT2D eigenvalue weighted by molar-refractivity contribution is 6.30. The van der Waals surface area contributed by atoms with Gasteiger partial charge in [-0.05, 0) is 24.7 Å². The lowest BCUT2D eigenvalue weighted by Crippen LogP contribution is -2.48. The average molecular weight is 285 g/mol. The zero-order chi connectivity index (χ0) is 13.4. The van der Waals surface area contributed by atoms with Crippen LogP contribution in [0.25, 0.3) is 0 Å². The van der Waals surface area contributed by atoms with Crippen LogP contribution >= 0.6 is 11.6 Å². The van der Waals surface area contributed by atoms with Crippen LogP contribution in [0.5, 0.6) is 0 Å². The Bertz CT molecular complexity index is 471. The molecule has 0 saturated carbocycles. The minimum Gasteiger partial charge on any atom is -0.374 e. The highest BCUT2D eigenvalue weighted by atomic mass is 35.5. The summed E-state index contributed by atoms with van der Waals surface area (Å²) in [7, 11) is 2.14. The number of fused-ring (bicyclic) bond motifs is 1. The van der Waals surface area contributed by atoms with E-state index in [4.69, 9.17) is 16.3 Å². The van der Waals surface area contributed by atoms with Crippen molar-refractivity contribution < 1.29 is 9.13 Å². The van der Waals surface area contributed by atoms with Crippen molar-refractivity contribution in [1.29, 1.82) is 0 Å². The van der Waals surface area contributed by atoms with E-state index in [-0.39, 0.29) is 16.9 Å². The zero-order valence-electron chi connectivity index (χ0n) is 11.0. The summed E-state index contributed by atoms with van der Waals surface area (Å²) in [4.78, 5) is 4.68. The molecule has 0 aromatic heterocycles. The fourth-order valence-electron chi connectivity index (χ4n) is 2.96. The fraction of sp³-hybridized carbons (Fsp3) is 0.571. The molecule has 3 nitrogen and oxygen atoms in total. The summed E-state index contributed by atoms with van der Waals surface area (Å²) in [6.07, 6.45) is 0.288. The molecule has 2 fully saturated rings. The van der Waals surface area contributed by atoms with Crippen molar-refractivity contribution in [2.24, 2.45) is 0 Å². The van der Waals surface area contributed by atoms with E-state index in [9.17, 15) is 4.39 Å². The maximum Gasteiger partial charge on any atom is 0.142 e. The minimum atomic E-state index is -0.343. The van der Waals surface area contributed by atoms with Crippen molar-refractivity contribution in [2.75, 3.05) is 33.3 Å². The standard InChI is InChI=1S/C14H18ClFN2O/c1-17-4-5-19-14-9-18(8-13(14)17)7-10-2-3-11(15)12(16)6-10/h2-3,6,13-14H,4-5,7-9H2,1H3/t13-,14+/m1/s1. The van der Waals surface area contributed by atoms with Gasteiger partial charge in [-0.25, -0.2) is 4.39 Å². The zero-order valence-corrected chi connectivity index (χ0v) is 11.7. The van der Waals surface area contributed by atoms with Crippen LogP contribution in [0, 0.1) is 5.82 Å². The van der Waals surface area contributed by atoms with Crippen molar-refractivity contribution in [1.82, 2.24) is 9.80 Å². The summed E-state index contributed by atoms with van der Waals surface area (Å²) in [5, 5.41) is 0.182. The number of nitrogens with zero attached hydrogens (tertiary/aromatic N) is 2. The molecule has 0 bridgehead atoms. The maximum atomic E-state index is 13.4. The molecule has 0 N–H and O–H groups in total. The second kappa shape index (κ2) is 5.37. The monoisotopic (exact) mass is 284 g/mol. The molecular weight excluding hydrogens is 267 g/mol. The Morgan fingerprint density at radius 3 is 3.00 bits per heavy atom. The summed E-state index contributed by atoms with van der Waals surface area (Å²) in [6.45, 7) is 4.44. The number of rotatable bonds is 2. The lowest BCUT2D eigenvalue weighted by molar-refractivity contribution is -0.0370. The summed E-state index contributed by atoms with van der Waals surface area (Å²) >= 11 is 5.70. The van der Waals surface area contributed by atoms with Crippen molar-refractivity contribution in [2.45, 2.75) is 18.7 Å². The SMILES string of the molecule is CN1CCO[C@H]2CN(Cc3ccc(Cl)c(F)c3)C[C@H]21. The molecular formula is C14H18ClFN2O. The van der Waals surface area contributed by atoms with Gasteiger partial charge in [0.15, 0.2) is 0 Å². The van der Waals surface area contributed by atoms with E-state index in [1.54, 1.807) is 6.07 Å². The number of benzene rings is 1. The molecule has 0 spiro atoms. The van der Waals surface area contributed by atoms with Crippen LogP contribution in [0.2, 0.25) is 5.02 Å². The predicted molar refractivity (Wildman–Crippen MR) is 72.8 cm³/mol. The molecule has 2 saturated heterocycles. The van der Waals surface area contributed by atoms with Crippen LogP contribution in [-0.2, 0) is 11.3 Å². The molecule has 0 amide bonds. The van der Waals surface area contributed by atoms with Crippen LogP contribution < -0.4 is 0 Å². The van der Waals surface area contributed by atoms with Crippen molar-refractivity contribution in [3.05, 3.63) is 34.6 Å². The van der Waals surface area contributed by atoms with Crippen molar-refractivity contribution in [3.63, 3.8) is 0 Å². The predicted octanol–water partition coefficient (Wildman–Crippen LogP) is 1.99. The Morgan fingerprint density at radius 1 is 1.42 bits per heavy atom. The third-order valence-electron chi connectivity index (χ3n) is 4.04. The number of halogens is 2. The number of morpholine rings is 1. The molecule has 5 heteroatoms. The third kappa shape index (κ3) is 2.77. The summed E-state index contributed by atoms with van der Waals surface area (Å²) < 4.78 is 19.2. The van der Waals surface area contributed by atoms with Crippen molar-refractivity contribution in [3.8, 4) is 0 Å². The smallest absolute Gasteiger partial charge is 0.142 e. The summed E-state index contributed by atoms with van der Waals surface area (Å²) in [5.74, 6) is -0.343. The van der Waals surface area contributed by atoms with Gasteiger partial charge in [0.1, 0.15) is 5.82 Å². The largest absolute Gasteiger partial charge is 0.374 e. The lowest BCUT2D eigenvalue weighted by Gasteiger charge is -2.33. The lowest BCUT2D eigenvalue weighted by atomic mass is 10.1. The van der Waals surface area contributed by atoms with E-state index in [1.807, 2.05) is 6.07 Å². The first-order valence-electron chi connectivity index (χ1n) is 6.61. The summed E-state index contributed by atoms with van der Waals surface area (Å²) in [5.41, 5.74) is 0.961. The summed E-state index contributed by atoms with van der Waals surface area (Å²) in [6, 6.07) is 5.50. The first-order valence-corrected chi connectivity index (χ1v) is 6.99. The van der Waals surface area contributed by atoms with Crippen molar-refractivity contribution >= 4 is 11.6 Å². The maximum absolute atomic E-state index is 13.4. The van der Waals surface area contributed by atoms with Crippen LogP contribution in [-0.4, -0.2) is 55.2 Å². The molecule has 1 aromatic carbocycles. The minimum absolute atomic E-state index is 0.182. The number of hydrogen-bond acceptors (Lipinski definition) is 3. The number of likely N-dealkylation sites (N-methyl/N-ethyl adjacent to an activating group) is 1. The van der Waals surface area contributed by atoms with Gasteiger partial charge in [0, 0.05) is 32.2 Å². The molecule has 3 rings (SSSR count). The first-order chi connectivity index (χ1) is 9.13. The Labute approximate surface area is 117 Å². The molecule has 0 unspecified atom stereocenters. The van der Waals surface area contributed by atoms with Gasteiger partial charge in [-0.3, -0.25) is 9.80 Å². The van der Waals surface area contributed by atoms with Gasteiger partial charge in [-0.15, -0.1) is 0 Å². The van der Waals surface area contributed by atoms with Gasteiger partial charge >= 0.3 is 0 Å².